The van der Waals surface area contributed by atoms with Crippen molar-refractivity contribution in [2.45, 2.75) is 38.1 Å². The molecule has 0 fully saturated rings. The van der Waals surface area contributed by atoms with Crippen LogP contribution in [0, 0.1) is 5.92 Å². The number of benzene rings is 3. The Balaban J connectivity index is 1.74. The van der Waals surface area contributed by atoms with Crippen LogP contribution < -0.4 is 0 Å². The standard InChI is InChI=1S/C30H29NO3/c1-22(2)21-30(29(33)34-28(31-30)25-16-10-5-11-17-25)27(24-14-8-4-9-15-24)20-26(32)19-18-23-12-6-3-7-13-23/h3-19,22,27H,20-21H2,1-2H3/b19-18+/t27-,30-/m1/s1. The number of aliphatic imine (C=N–C) groups is 1. The average molecular weight is 452 g/mol. The number of esters is 1. The van der Waals surface area contributed by atoms with Gasteiger partial charge in [-0.15, -0.1) is 0 Å². The van der Waals surface area contributed by atoms with Crippen molar-refractivity contribution in [1.29, 1.82) is 0 Å². The highest BCUT2D eigenvalue weighted by molar-refractivity contribution is 6.08. The van der Waals surface area contributed by atoms with Crippen molar-refractivity contribution in [3.05, 3.63) is 114 Å². The minimum Gasteiger partial charge on any atom is -0.405 e. The topological polar surface area (TPSA) is 55.7 Å². The zero-order valence-corrected chi connectivity index (χ0v) is 19.6. The molecule has 1 aliphatic rings. The summed E-state index contributed by atoms with van der Waals surface area (Å²) in [4.78, 5) is 31.6. The fraction of sp³-hybridized carbons (Fsp3) is 0.233. The molecule has 0 saturated carbocycles. The van der Waals surface area contributed by atoms with Crippen LogP contribution in [0.4, 0.5) is 0 Å². The van der Waals surface area contributed by atoms with Crippen molar-refractivity contribution in [2.75, 3.05) is 0 Å². The minimum atomic E-state index is -1.17. The maximum absolute atomic E-state index is 13.5. The Morgan fingerprint density at radius 3 is 2.12 bits per heavy atom. The van der Waals surface area contributed by atoms with E-state index in [0.29, 0.717) is 12.3 Å². The van der Waals surface area contributed by atoms with Gasteiger partial charge in [-0.05, 0) is 41.7 Å². The summed E-state index contributed by atoms with van der Waals surface area (Å²) in [5.41, 5.74) is 1.44. The third-order valence-corrected chi connectivity index (χ3v) is 6.03. The summed E-state index contributed by atoms with van der Waals surface area (Å²) in [7, 11) is 0. The van der Waals surface area contributed by atoms with E-state index < -0.39 is 17.4 Å². The van der Waals surface area contributed by atoms with Crippen LogP contribution in [0.3, 0.4) is 0 Å². The molecule has 0 amide bonds. The van der Waals surface area contributed by atoms with Gasteiger partial charge in [-0.1, -0.05) is 98.8 Å². The van der Waals surface area contributed by atoms with Crippen LogP contribution >= 0.6 is 0 Å². The van der Waals surface area contributed by atoms with Gasteiger partial charge in [0.25, 0.3) is 0 Å². The summed E-state index contributed by atoms with van der Waals surface area (Å²) in [5, 5.41) is 0. The largest absolute Gasteiger partial charge is 0.405 e. The Morgan fingerprint density at radius 1 is 0.912 bits per heavy atom. The van der Waals surface area contributed by atoms with Crippen LogP contribution in [-0.2, 0) is 14.3 Å². The first-order chi connectivity index (χ1) is 16.5. The van der Waals surface area contributed by atoms with Gasteiger partial charge in [-0.2, -0.15) is 0 Å². The number of nitrogens with zero attached hydrogens (tertiary/aromatic N) is 1. The molecule has 172 valence electrons. The Labute approximate surface area is 201 Å². The lowest BCUT2D eigenvalue weighted by atomic mass is 9.72. The number of carbonyl (C=O) groups is 2. The van der Waals surface area contributed by atoms with Crippen LogP contribution in [0.1, 0.15) is 49.3 Å². The van der Waals surface area contributed by atoms with Gasteiger partial charge in [-0.25, -0.2) is 9.79 Å². The van der Waals surface area contributed by atoms with E-state index in [4.69, 9.17) is 9.73 Å². The molecule has 0 aliphatic carbocycles. The highest BCUT2D eigenvalue weighted by Gasteiger charge is 2.53. The molecule has 0 unspecified atom stereocenters. The predicted molar refractivity (Wildman–Crippen MR) is 136 cm³/mol. The Morgan fingerprint density at radius 2 is 1.50 bits per heavy atom. The Hall–Kier alpha value is -3.79. The number of carbonyl (C=O) groups excluding carboxylic acids is 2. The van der Waals surface area contributed by atoms with Crippen LogP contribution in [0.2, 0.25) is 0 Å². The number of ether oxygens (including phenoxy) is 1. The maximum Gasteiger partial charge on any atom is 0.341 e. The summed E-state index contributed by atoms with van der Waals surface area (Å²) in [5.74, 6) is -0.407. The van der Waals surface area contributed by atoms with E-state index in [1.807, 2.05) is 97.1 Å². The summed E-state index contributed by atoms with van der Waals surface area (Å²) >= 11 is 0. The first-order valence-electron chi connectivity index (χ1n) is 11.7. The molecule has 34 heavy (non-hydrogen) atoms. The van der Waals surface area contributed by atoms with E-state index in [0.717, 1.165) is 16.7 Å². The molecule has 0 N–H and O–H groups in total. The van der Waals surface area contributed by atoms with E-state index >= 15 is 0 Å². The summed E-state index contributed by atoms with van der Waals surface area (Å²) in [6.45, 7) is 4.12. The van der Waals surface area contributed by atoms with Gasteiger partial charge >= 0.3 is 5.97 Å². The van der Waals surface area contributed by atoms with E-state index in [-0.39, 0.29) is 18.1 Å². The molecule has 3 aromatic rings. The fourth-order valence-corrected chi connectivity index (χ4v) is 4.51. The minimum absolute atomic E-state index is 0.0583. The second-order valence-corrected chi connectivity index (χ2v) is 9.07. The highest BCUT2D eigenvalue weighted by atomic mass is 16.6. The fourth-order valence-electron chi connectivity index (χ4n) is 4.51. The van der Waals surface area contributed by atoms with Crippen LogP contribution in [0.25, 0.3) is 6.08 Å². The maximum atomic E-state index is 13.5. The smallest absolute Gasteiger partial charge is 0.341 e. The normalized spacial score (nSPS) is 18.7. The molecule has 0 radical (unpaired) electrons. The van der Waals surface area contributed by atoms with E-state index in [2.05, 4.69) is 13.8 Å². The molecule has 0 spiro atoms. The molecular formula is C30H29NO3. The lowest BCUT2D eigenvalue weighted by molar-refractivity contribution is -0.140. The SMILES string of the molecule is CC(C)C[C@]1([C@H](CC(=O)/C=C/c2ccccc2)c2ccccc2)N=C(c2ccccc2)OC1=O. The summed E-state index contributed by atoms with van der Waals surface area (Å²) in [6, 6.07) is 28.9. The molecule has 3 aromatic carbocycles. The van der Waals surface area contributed by atoms with Crippen molar-refractivity contribution < 1.29 is 14.3 Å². The molecule has 0 bridgehead atoms. The first-order valence-corrected chi connectivity index (χ1v) is 11.7. The monoisotopic (exact) mass is 451 g/mol. The number of ketones is 1. The second-order valence-electron chi connectivity index (χ2n) is 9.07. The third kappa shape index (κ3) is 5.23. The Kier molecular flexibility index (Phi) is 7.17. The molecular weight excluding hydrogens is 422 g/mol. The molecule has 0 saturated heterocycles. The number of allylic oxidation sites excluding steroid dienone is 1. The van der Waals surface area contributed by atoms with Crippen molar-refractivity contribution in [2.24, 2.45) is 10.9 Å². The van der Waals surface area contributed by atoms with E-state index in [1.165, 1.54) is 0 Å². The Bertz CT molecular complexity index is 1180. The van der Waals surface area contributed by atoms with Crippen molar-refractivity contribution in [3.8, 4) is 0 Å². The van der Waals surface area contributed by atoms with E-state index in [9.17, 15) is 9.59 Å². The average Bonchev–Trinajstić information content (AvgIpc) is 3.19. The number of hydrogen-bond donors (Lipinski definition) is 0. The van der Waals surface area contributed by atoms with Crippen molar-refractivity contribution in [1.82, 2.24) is 0 Å². The number of hydrogen-bond acceptors (Lipinski definition) is 4. The van der Waals surface area contributed by atoms with Gasteiger partial charge in [0.2, 0.25) is 5.90 Å². The molecule has 4 nitrogen and oxygen atoms in total. The van der Waals surface area contributed by atoms with Gasteiger partial charge in [-0.3, -0.25) is 4.79 Å². The molecule has 1 aliphatic heterocycles. The van der Waals surface area contributed by atoms with Crippen molar-refractivity contribution in [3.63, 3.8) is 0 Å². The van der Waals surface area contributed by atoms with Gasteiger partial charge in [0, 0.05) is 17.9 Å². The predicted octanol–water partition coefficient (Wildman–Crippen LogP) is 6.23. The third-order valence-electron chi connectivity index (χ3n) is 6.03. The second kappa shape index (κ2) is 10.4. The van der Waals surface area contributed by atoms with Gasteiger partial charge < -0.3 is 4.74 Å². The van der Waals surface area contributed by atoms with Gasteiger partial charge in [0.1, 0.15) is 0 Å². The lowest BCUT2D eigenvalue weighted by Crippen LogP contribution is -2.42. The number of cyclic esters (lactones) is 1. The molecule has 1 heterocycles. The molecule has 4 rings (SSSR count). The van der Waals surface area contributed by atoms with Crippen LogP contribution in [0.15, 0.2) is 102 Å². The van der Waals surface area contributed by atoms with Crippen LogP contribution in [0.5, 0.6) is 0 Å². The quantitative estimate of drug-likeness (QED) is 0.286. The molecule has 4 heteroatoms. The first kappa shape index (κ1) is 23.4. The molecule has 0 aromatic heterocycles. The molecule has 2 atom stereocenters. The van der Waals surface area contributed by atoms with Gasteiger partial charge in [0.15, 0.2) is 11.3 Å². The zero-order valence-electron chi connectivity index (χ0n) is 19.6. The lowest BCUT2D eigenvalue weighted by Gasteiger charge is -2.33. The summed E-state index contributed by atoms with van der Waals surface area (Å²) in [6.07, 6.45) is 4.04. The van der Waals surface area contributed by atoms with Gasteiger partial charge in [0.05, 0.1) is 0 Å². The number of rotatable bonds is 9. The highest BCUT2D eigenvalue weighted by Crippen LogP contribution is 2.44. The van der Waals surface area contributed by atoms with Crippen LogP contribution in [-0.4, -0.2) is 23.2 Å². The van der Waals surface area contributed by atoms with E-state index in [1.54, 1.807) is 6.08 Å². The van der Waals surface area contributed by atoms with Crippen molar-refractivity contribution >= 4 is 23.7 Å². The zero-order chi connectivity index (χ0) is 24.0. The summed E-state index contributed by atoms with van der Waals surface area (Å²) < 4.78 is 5.76.